The highest BCUT2D eigenvalue weighted by molar-refractivity contribution is 5.82. The van der Waals surface area contributed by atoms with E-state index in [1.54, 1.807) is 6.20 Å². The van der Waals surface area contributed by atoms with Crippen LogP contribution in [0.25, 0.3) is 10.9 Å². The largest absolute Gasteiger partial charge is 0.311 e. The van der Waals surface area contributed by atoms with Crippen LogP contribution in [-0.2, 0) is 5.67 Å². The maximum Gasteiger partial charge on any atom is 0.141 e. The molecule has 98 valence electrons. The molecule has 1 aromatic carbocycles. The van der Waals surface area contributed by atoms with E-state index in [0.29, 0.717) is 24.9 Å². The van der Waals surface area contributed by atoms with E-state index in [4.69, 9.17) is 0 Å². The molecular weight excluding hydrogens is 239 g/mol. The molecule has 2 bridgehead atoms. The van der Waals surface area contributed by atoms with Gasteiger partial charge in [-0.15, -0.1) is 0 Å². The Bertz CT molecular complexity index is 608. The van der Waals surface area contributed by atoms with Crippen LogP contribution in [0.4, 0.5) is 4.39 Å². The lowest BCUT2D eigenvalue weighted by atomic mass is 9.82. The van der Waals surface area contributed by atoms with E-state index in [0.717, 1.165) is 29.3 Å². The van der Waals surface area contributed by atoms with Gasteiger partial charge >= 0.3 is 0 Å². The fourth-order valence-corrected chi connectivity index (χ4v) is 3.77. The lowest BCUT2D eigenvalue weighted by Crippen LogP contribution is -2.44. The van der Waals surface area contributed by atoms with Crippen molar-refractivity contribution in [3.63, 3.8) is 0 Å². The number of alkyl halides is 1. The zero-order chi connectivity index (χ0) is 12.9. The summed E-state index contributed by atoms with van der Waals surface area (Å²) in [5.41, 5.74) is 0.392. The predicted molar refractivity (Wildman–Crippen MR) is 73.7 cm³/mol. The van der Waals surface area contributed by atoms with E-state index in [1.165, 1.54) is 0 Å². The van der Waals surface area contributed by atoms with Gasteiger partial charge in [-0.3, -0.25) is 4.98 Å². The van der Waals surface area contributed by atoms with Crippen LogP contribution in [0.15, 0.2) is 36.5 Å². The molecule has 1 N–H and O–H groups in total. The smallest absolute Gasteiger partial charge is 0.141 e. The first-order valence-electron chi connectivity index (χ1n) is 7.04. The molecule has 2 atom stereocenters. The highest BCUT2D eigenvalue weighted by Crippen LogP contribution is 2.45. The summed E-state index contributed by atoms with van der Waals surface area (Å²) < 4.78 is 15.5. The third-order valence-electron chi connectivity index (χ3n) is 4.59. The maximum absolute atomic E-state index is 15.5. The van der Waals surface area contributed by atoms with Crippen LogP contribution in [0, 0.1) is 0 Å². The Morgan fingerprint density at radius 3 is 2.63 bits per heavy atom. The van der Waals surface area contributed by atoms with Crippen molar-refractivity contribution in [2.45, 2.75) is 43.4 Å². The summed E-state index contributed by atoms with van der Waals surface area (Å²) in [7, 11) is 0. The van der Waals surface area contributed by atoms with Crippen molar-refractivity contribution >= 4 is 10.9 Å². The number of halogens is 1. The van der Waals surface area contributed by atoms with Crippen LogP contribution in [0.3, 0.4) is 0 Å². The molecule has 2 aliphatic rings. The molecule has 2 aliphatic heterocycles. The SMILES string of the molecule is FC1(c2cccc3cccnc23)CC2CCC(C1)N2. The summed E-state index contributed by atoms with van der Waals surface area (Å²) in [6.07, 6.45) is 5.13. The number of nitrogens with zero attached hydrogens (tertiary/aromatic N) is 1. The third kappa shape index (κ3) is 1.76. The molecule has 0 aliphatic carbocycles. The number of piperidine rings is 1. The topological polar surface area (TPSA) is 24.9 Å². The summed E-state index contributed by atoms with van der Waals surface area (Å²) in [5, 5.41) is 4.53. The molecular formula is C16H17FN2. The predicted octanol–water partition coefficient (Wildman–Crippen LogP) is 3.31. The van der Waals surface area contributed by atoms with Gasteiger partial charge in [-0.1, -0.05) is 24.3 Å². The van der Waals surface area contributed by atoms with Crippen molar-refractivity contribution < 1.29 is 4.39 Å². The molecule has 2 aromatic rings. The Balaban J connectivity index is 1.85. The minimum Gasteiger partial charge on any atom is -0.311 e. The first kappa shape index (κ1) is 11.4. The van der Waals surface area contributed by atoms with Gasteiger partial charge in [0.2, 0.25) is 0 Å². The van der Waals surface area contributed by atoms with E-state index >= 15 is 4.39 Å². The highest BCUT2D eigenvalue weighted by atomic mass is 19.1. The van der Waals surface area contributed by atoms with Crippen molar-refractivity contribution in [3.8, 4) is 0 Å². The lowest BCUT2D eigenvalue weighted by molar-refractivity contribution is 0.0888. The fraction of sp³-hybridized carbons (Fsp3) is 0.438. The molecule has 1 aromatic heterocycles. The standard InChI is InChI=1S/C16H17FN2/c17-16(9-12-6-7-13(10-16)19-12)14-5-1-3-11-4-2-8-18-15(11)14/h1-5,8,12-13,19H,6-7,9-10H2. The van der Waals surface area contributed by atoms with Crippen molar-refractivity contribution in [1.82, 2.24) is 10.3 Å². The molecule has 0 amide bonds. The Morgan fingerprint density at radius 1 is 1.11 bits per heavy atom. The number of aromatic nitrogens is 1. The Hall–Kier alpha value is -1.48. The van der Waals surface area contributed by atoms with Gasteiger partial charge in [0.15, 0.2) is 0 Å². The number of nitrogens with one attached hydrogen (secondary N) is 1. The quantitative estimate of drug-likeness (QED) is 0.846. The molecule has 0 radical (unpaired) electrons. The second-order valence-electron chi connectivity index (χ2n) is 5.89. The zero-order valence-electron chi connectivity index (χ0n) is 10.8. The minimum absolute atomic E-state index is 0.336. The van der Waals surface area contributed by atoms with Crippen LogP contribution in [0.2, 0.25) is 0 Å². The van der Waals surface area contributed by atoms with Crippen molar-refractivity contribution in [1.29, 1.82) is 0 Å². The number of hydrogen-bond donors (Lipinski definition) is 1. The average molecular weight is 256 g/mol. The van der Waals surface area contributed by atoms with E-state index in [1.807, 2.05) is 30.3 Å². The Labute approximate surface area is 112 Å². The lowest BCUT2D eigenvalue weighted by Gasteiger charge is -2.35. The van der Waals surface area contributed by atoms with Gasteiger partial charge in [-0.05, 0) is 18.9 Å². The molecule has 19 heavy (non-hydrogen) atoms. The molecule has 2 unspecified atom stereocenters. The molecule has 2 nitrogen and oxygen atoms in total. The van der Waals surface area contributed by atoms with E-state index < -0.39 is 5.67 Å². The van der Waals surface area contributed by atoms with Gasteiger partial charge in [0, 0.05) is 42.1 Å². The van der Waals surface area contributed by atoms with Gasteiger partial charge in [0.25, 0.3) is 0 Å². The number of para-hydroxylation sites is 1. The van der Waals surface area contributed by atoms with Crippen LogP contribution >= 0.6 is 0 Å². The Morgan fingerprint density at radius 2 is 1.84 bits per heavy atom. The fourth-order valence-electron chi connectivity index (χ4n) is 3.77. The molecule has 4 rings (SSSR count). The summed E-state index contributed by atoms with van der Waals surface area (Å²) in [5.74, 6) is 0. The van der Waals surface area contributed by atoms with Gasteiger partial charge in [-0.2, -0.15) is 0 Å². The monoisotopic (exact) mass is 256 g/mol. The van der Waals surface area contributed by atoms with Gasteiger partial charge in [0.1, 0.15) is 5.67 Å². The van der Waals surface area contributed by atoms with Crippen molar-refractivity contribution in [3.05, 3.63) is 42.1 Å². The van der Waals surface area contributed by atoms with E-state index in [-0.39, 0.29) is 0 Å². The second-order valence-corrected chi connectivity index (χ2v) is 5.89. The maximum atomic E-state index is 15.5. The van der Waals surface area contributed by atoms with Crippen LogP contribution in [0.5, 0.6) is 0 Å². The molecule has 2 saturated heterocycles. The number of rotatable bonds is 1. The summed E-state index contributed by atoms with van der Waals surface area (Å²) >= 11 is 0. The number of fused-ring (bicyclic) bond motifs is 3. The van der Waals surface area contributed by atoms with E-state index in [2.05, 4.69) is 10.3 Å². The minimum atomic E-state index is -1.22. The summed E-state index contributed by atoms with van der Waals surface area (Å²) in [4.78, 5) is 4.41. The molecule has 2 fully saturated rings. The first-order valence-corrected chi connectivity index (χ1v) is 7.04. The molecule has 3 heteroatoms. The summed E-state index contributed by atoms with van der Waals surface area (Å²) in [6.45, 7) is 0. The number of hydrogen-bond acceptors (Lipinski definition) is 2. The average Bonchev–Trinajstić information content (AvgIpc) is 2.78. The van der Waals surface area contributed by atoms with Crippen molar-refractivity contribution in [2.75, 3.05) is 0 Å². The van der Waals surface area contributed by atoms with Gasteiger partial charge < -0.3 is 5.32 Å². The first-order chi connectivity index (χ1) is 9.24. The number of benzene rings is 1. The third-order valence-corrected chi connectivity index (χ3v) is 4.59. The molecule has 0 spiro atoms. The molecule has 3 heterocycles. The van der Waals surface area contributed by atoms with Gasteiger partial charge in [0.05, 0.1) is 5.52 Å². The highest BCUT2D eigenvalue weighted by Gasteiger charge is 2.45. The second kappa shape index (κ2) is 4.01. The summed E-state index contributed by atoms with van der Waals surface area (Å²) in [6, 6.07) is 10.5. The van der Waals surface area contributed by atoms with Crippen LogP contribution in [0.1, 0.15) is 31.2 Å². The number of pyridine rings is 1. The van der Waals surface area contributed by atoms with Gasteiger partial charge in [-0.25, -0.2) is 4.39 Å². The normalized spacial score (nSPS) is 33.7. The van der Waals surface area contributed by atoms with E-state index in [9.17, 15) is 0 Å². The van der Waals surface area contributed by atoms with Crippen LogP contribution < -0.4 is 5.32 Å². The zero-order valence-corrected chi connectivity index (χ0v) is 10.8. The molecule has 0 saturated carbocycles. The van der Waals surface area contributed by atoms with Crippen LogP contribution in [-0.4, -0.2) is 17.1 Å². The Kier molecular flexibility index (Phi) is 2.39. The van der Waals surface area contributed by atoms with Crippen molar-refractivity contribution in [2.24, 2.45) is 0 Å².